The highest BCUT2D eigenvalue weighted by Crippen LogP contribution is 2.39. The number of aryl methyl sites for hydroxylation is 1. The molecule has 1 aliphatic heterocycles. The van der Waals surface area contributed by atoms with E-state index in [2.05, 4.69) is 10.2 Å². The highest BCUT2D eigenvalue weighted by molar-refractivity contribution is 7.90. The molecule has 9 heteroatoms. The molecule has 1 amide bonds. The SMILES string of the molecule is Cc1nnc(CN2C(=O)c3cccc(Cl)c3S2(=O)=O)n1C1CC1. The number of benzene rings is 1. The van der Waals surface area contributed by atoms with Crippen LogP contribution in [0, 0.1) is 6.92 Å². The number of nitrogens with zero attached hydrogens (tertiary/aromatic N) is 4. The van der Waals surface area contributed by atoms with Gasteiger partial charge in [-0.05, 0) is 31.9 Å². The molecule has 2 aliphatic rings. The second-order valence-corrected chi connectivity index (χ2v) is 7.90. The van der Waals surface area contributed by atoms with Crippen molar-refractivity contribution in [2.24, 2.45) is 0 Å². The van der Waals surface area contributed by atoms with Crippen LogP contribution in [0.2, 0.25) is 5.02 Å². The number of carbonyl (C=O) groups excluding carboxylic acids is 1. The van der Waals surface area contributed by atoms with E-state index in [9.17, 15) is 13.2 Å². The predicted octanol–water partition coefficient (Wildman–Crippen LogP) is 1.92. The quantitative estimate of drug-likeness (QED) is 0.842. The second-order valence-electron chi connectivity index (χ2n) is 5.70. The maximum absolute atomic E-state index is 12.7. The molecule has 1 fully saturated rings. The molecule has 0 unspecified atom stereocenters. The number of halogens is 1. The summed E-state index contributed by atoms with van der Waals surface area (Å²) in [5.41, 5.74) is 0.103. The van der Waals surface area contributed by atoms with E-state index in [1.165, 1.54) is 12.1 Å². The van der Waals surface area contributed by atoms with Gasteiger partial charge in [-0.3, -0.25) is 4.79 Å². The predicted molar refractivity (Wildman–Crippen MR) is 81.5 cm³/mol. The van der Waals surface area contributed by atoms with Gasteiger partial charge in [-0.1, -0.05) is 17.7 Å². The van der Waals surface area contributed by atoms with Crippen LogP contribution in [0.5, 0.6) is 0 Å². The van der Waals surface area contributed by atoms with Gasteiger partial charge in [0.15, 0.2) is 5.82 Å². The number of sulfonamides is 1. The summed E-state index contributed by atoms with van der Waals surface area (Å²) in [5, 5.41) is 8.11. The van der Waals surface area contributed by atoms with Crippen molar-refractivity contribution in [3.8, 4) is 0 Å². The summed E-state index contributed by atoms with van der Waals surface area (Å²) in [6.45, 7) is 1.68. The van der Waals surface area contributed by atoms with Gasteiger partial charge in [-0.25, -0.2) is 12.7 Å². The summed E-state index contributed by atoms with van der Waals surface area (Å²) in [5.74, 6) is 0.624. The van der Waals surface area contributed by atoms with E-state index in [1.54, 1.807) is 6.07 Å². The van der Waals surface area contributed by atoms with Crippen molar-refractivity contribution in [1.82, 2.24) is 19.1 Å². The van der Waals surface area contributed by atoms with E-state index < -0.39 is 15.9 Å². The van der Waals surface area contributed by atoms with Crippen molar-refractivity contribution in [3.05, 3.63) is 40.4 Å². The molecule has 0 N–H and O–H groups in total. The molecule has 1 aromatic heterocycles. The first-order valence-electron chi connectivity index (χ1n) is 7.17. The van der Waals surface area contributed by atoms with Crippen molar-refractivity contribution >= 4 is 27.5 Å². The Kier molecular flexibility index (Phi) is 3.05. The van der Waals surface area contributed by atoms with Crippen LogP contribution in [0.3, 0.4) is 0 Å². The lowest BCUT2D eigenvalue weighted by Gasteiger charge is -2.15. The zero-order chi connectivity index (χ0) is 16.4. The van der Waals surface area contributed by atoms with E-state index in [-0.39, 0.29) is 22.0 Å². The first-order chi connectivity index (χ1) is 10.9. The normalized spacial score (nSPS) is 19.2. The monoisotopic (exact) mass is 352 g/mol. The Labute approximate surface area is 137 Å². The van der Waals surface area contributed by atoms with E-state index in [0.29, 0.717) is 11.9 Å². The van der Waals surface area contributed by atoms with Crippen LogP contribution in [-0.2, 0) is 16.6 Å². The fraction of sp³-hybridized carbons (Fsp3) is 0.357. The maximum atomic E-state index is 12.7. The van der Waals surface area contributed by atoms with E-state index in [4.69, 9.17) is 11.6 Å². The van der Waals surface area contributed by atoms with Gasteiger partial charge in [-0.2, -0.15) is 0 Å². The van der Waals surface area contributed by atoms with Gasteiger partial charge < -0.3 is 4.57 Å². The fourth-order valence-corrected chi connectivity index (χ4v) is 4.94. The van der Waals surface area contributed by atoms with Crippen molar-refractivity contribution in [3.63, 3.8) is 0 Å². The summed E-state index contributed by atoms with van der Waals surface area (Å²) in [4.78, 5) is 12.4. The Hall–Kier alpha value is -1.93. The molecule has 0 bridgehead atoms. The fourth-order valence-electron chi connectivity index (χ4n) is 2.91. The smallest absolute Gasteiger partial charge is 0.269 e. The molecule has 2 heterocycles. The minimum atomic E-state index is -3.97. The largest absolute Gasteiger partial charge is 0.311 e. The van der Waals surface area contributed by atoms with Crippen molar-refractivity contribution in [2.45, 2.75) is 37.2 Å². The Morgan fingerprint density at radius 2 is 2.04 bits per heavy atom. The molecule has 0 saturated heterocycles. The number of amides is 1. The standard InChI is InChI=1S/C14H13ClN4O3S/c1-8-16-17-12(19(8)9-5-6-9)7-18-14(20)10-3-2-4-11(15)13(10)23(18,21)22/h2-4,9H,5-7H2,1H3. The molecular formula is C14H13ClN4O3S. The minimum Gasteiger partial charge on any atom is -0.311 e. The number of hydrogen-bond acceptors (Lipinski definition) is 5. The topological polar surface area (TPSA) is 85.2 Å². The summed E-state index contributed by atoms with van der Waals surface area (Å²) >= 11 is 5.99. The van der Waals surface area contributed by atoms with Crippen LogP contribution in [0.1, 0.15) is 40.9 Å². The summed E-state index contributed by atoms with van der Waals surface area (Å²) in [7, 11) is -3.97. The molecule has 0 atom stereocenters. The van der Waals surface area contributed by atoms with E-state index >= 15 is 0 Å². The van der Waals surface area contributed by atoms with Gasteiger partial charge in [0, 0.05) is 6.04 Å². The van der Waals surface area contributed by atoms with E-state index in [1.807, 2.05) is 11.5 Å². The molecular weight excluding hydrogens is 340 g/mol. The highest BCUT2D eigenvalue weighted by atomic mass is 35.5. The van der Waals surface area contributed by atoms with Crippen LogP contribution < -0.4 is 0 Å². The number of aromatic nitrogens is 3. The third-order valence-corrected chi connectivity index (χ3v) is 6.36. The molecule has 23 heavy (non-hydrogen) atoms. The Balaban J connectivity index is 1.77. The van der Waals surface area contributed by atoms with Crippen LogP contribution in [0.25, 0.3) is 0 Å². The zero-order valence-corrected chi connectivity index (χ0v) is 13.8. The van der Waals surface area contributed by atoms with Crippen LogP contribution in [0.15, 0.2) is 23.1 Å². The summed E-state index contributed by atoms with van der Waals surface area (Å²) < 4.78 is 28.1. The van der Waals surface area contributed by atoms with Crippen molar-refractivity contribution in [2.75, 3.05) is 0 Å². The molecule has 1 aromatic carbocycles. The second kappa shape index (κ2) is 4.78. The lowest BCUT2D eigenvalue weighted by molar-refractivity contribution is 0.0861. The Morgan fingerprint density at radius 3 is 2.70 bits per heavy atom. The first-order valence-corrected chi connectivity index (χ1v) is 8.99. The molecule has 1 saturated carbocycles. The average Bonchev–Trinajstić information content (AvgIpc) is 3.23. The van der Waals surface area contributed by atoms with Crippen LogP contribution in [-0.4, -0.2) is 33.4 Å². The third kappa shape index (κ3) is 2.08. The molecule has 0 radical (unpaired) electrons. The Bertz CT molecular complexity index is 933. The Morgan fingerprint density at radius 1 is 1.30 bits per heavy atom. The van der Waals surface area contributed by atoms with E-state index in [0.717, 1.165) is 23.0 Å². The van der Waals surface area contributed by atoms with Crippen molar-refractivity contribution < 1.29 is 13.2 Å². The minimum absolute atomic E-state index is 0.0539. The zero-order valence-electron chi connectivity index (χ0n) is 12.2. The van der Waals surface area contributed by atoms with Crippen molar-refractivity contribution in [1.29, 1.82) is 0 Å². The molecule has 0 spiro atoms. The summed E-state index contributed by atoms with van der Waals surface area (Å²) in [6.07, 6.45) is 2.03. The average molecular weight is 353 g/mol. The number of carbonyl (C=O) groups is 1. The summed E-state index contributed by atoms with van der Waals surface area (Å²) in [6, 6.07) is 4.80. The lowest BCUT2D eigenvalue weighted by Crippen LogP contribution is -2.31. The molecule has 4 rings (SSSR count). The molecule has 1 aliphatic carbocycles. The number of rotatable bonds is 3. The maximum Gasteiger partial charge on any atom is 0.269 e. The number of fused-ring (bicyclic) bond motifs is 1. The molecule has 7 nitrogen and oxygen atoms in total. The number of hydrogen-bond donors (Lipinski definition) is 0. The van der Waals surface area contributed by atoms with Gasteiger partial charge >= 0.3 is 0 Å². The first kappa shape index (κ1) is 14.6. The van der Waals surface area contributed by atoms with Gasteiger partial charge in [0.05, 0.1) is 17.1 Å². The van der Waals surface area contributed by atoms with Crippen LogP contribution in [0.4, 0.5) is 0 Å². The van der Waals surface area contributed by atoms with Gasteiger partial charge in [0.2, 0.25) is 0 Å². The van der Waals surface area contributed by atoms with Gasteiger partial charge in [-0.15, -0.1) is 10.2 Å². The third-order valence-electron chi connectivity index (χ3n) is 4.11. The van der Waals surface area contributed by atoms with Gasteiger partial charge in [0.25, 0.3) is 15.9 Å². The molecule has 120 valence electrons. The lowest BCUT2D eigenvalue weighted by atomic mass is 10.2. The van der Waals surface area contributed by atoms with Gasteiger partial charge in [0.1, 0.15) is 10.7 Å². The van der Waals surface area contributed by atoms with Crippen LogP contribution >= 0.6 is 11.6 Å². The highest BCUT2D eigenvalue weighted by Gasteiger charge is 2.44. The molecule has 2 aromatic rings.